The van der Waals surface area contributed by atoms with Gasteiger partial charge in [0.15, 0.2) is 0 Å². The molecule has 0 radical (unpaired) electrons. The molecule has 1 aromatic rings. The van der Waals surface area contributed by atoms with E-state index in [0.29, 0.717) is 25.3 Å². The zero-order chi connectivity index (χ0) is 14.7. The summed E-state index contributed by atoms with van der Waals surface area (Å²) in [5.41, 5.74) is 0.645. The van der Waals surface area contributed by atoms with Gasteiger partial charge in [-0.3, -0.25) is 19.2 Å². The van der Waals surface area contributed by atoms with Crippen molar-refractivity contribution in [3.63, 3.8) is 0 Å². The highest BCUT2D eigenvalue weighted by Gasteiger charge is 2.38. The summed E-state index contributed by atoms with van der Waals surface area (Å²) in [6.45, 7) is 4.74. The Labute approximate surface area is 117 Å². The SMILES string of the molecule is CCC1NC(=O)C(C)N(c2cnn(CCOC)c2)C1=O. The largest absolute Gasteiger partial charge is 0.383 e. The molecule has 0 aliphatic carbocycles. The Morgan fingerprint density at radius 2 is 2.20 bits per heavy atom. The van der Waals surface area contributed by atoms with Crippen LogP contribution in [-0.4, -0.2) is 47.4 Å². The van der Waals surface area contributed by atoms with Gasteiger partial charge in [0.05, 0.1) is 25.0 Å². The molecule has 1 aliphatic heterocycles. The van der Waals surface area contributed by atoms with Gasteiger partial charge in [0.2, 0.25) is 11.8 Å². The van der Waals surface area contributed by atoms with Crippen molar-refractivity contribution in [2.45, 2.75) is 38.9 Å². The maximum atomic E-state index is 12.4. The molecule has 1 saturated heterocycles. The van der Waals surface area contributed by atoms with E-state index in [-0.39, 0.29) is 11.8 Å². The minimum atomic E-state index is -0.523. The third-order valence-electron chi connectivity index (χ3n) is 3.45. The number of anilines is 1. The summed E-state index contributed by atoms with van der Waals surface area (Å²) in [5.74, 6) is -0.230. The third kappa shape index (κ3) is 2.67. The molecule has 7 nitrogen and oxygen atoms in total. The number of carbonyl (C=O) groups is 2. The Balaban J connectivity index is 2.21. The summed E-state index contributed by atoms with van der Waals surface area (Å²) < 4.78 is 6.69. The molecule has 1 N–H and O–H groups in total. The van der Waals surface area contributed by atoms with Crippen LogP contribution in [0.2, 0.25) is 0 Å². The first kappa shape index (κ1) is 14.5. The minimum Gasteiger partial charge on any atom is -0.383 e. The monoisotopic (exact) mass is 280 g/mol. The van der Waals surface area contributed by atoms with Crippen LogP contribution in [0.15, 0.2) is 12.4 Å². The van der Waals surface area contributed by atoms with Crippen molar-refractivity contribution in [2.24, 2.45) is 0 Å². The molecule has 0 spiro atoms. The lowest BCUT2D eigenvalue weighted by Crippen LogP contribution is -2.62. The number of aromatic nitrogens is 2. The number of nitrogens with one attached hydrogen (secondary N) is 1. The van der Waals surface area contributed by atoms with Gasteiger partial charge in [-0.25, -0.2) is 0 Å². The topological polar surface area (TPSA) is 76.5 Å². The van der Waals surface area contributed by atoms with Crippen LogP contribution < -0.4 is 10.2 Å². The van der Waals surface area contributed by atoms with Crippen LogP contribution in [-0.2, 0) is 20.9 Å². The first-order valence-corrected chi connectivity index (χ1v) is 6.73. The standard InChI is InChI=1S/C13H20N4O3/c1-4-11-13(19)17(9(2)12(18)15-11)10-7-14-16(8-10)5-6-20-3/h7-9,11H,4-6H2,1-3H3,(H,15,18). The lowest BCUT2D eigenvalue weighted by Gasteiger charge is -2.36. The van der Waals surface area contributed by atoms with Crippen molar-refractivity contribution in [1.82, 2.24) is 15.1 Å². The van der Waals surface area contributed by atoms with E-state index in [1.54, 1.807) is 31.1 Å². The second kappa shape index (κ2) is 6.04. The summed E-state index contributed by atoms with van der Waals surface area (Å²) in [5, 5.41) is 6.91. The Hall–Kier alpha value is -1.89. The van der Waals surface area contributed by atoms with Crippen molar-refractivity contribution in [3.05, 3.63) is 12.4 Å². The van der Waals surface area contributed by atoms with Crippen molar-refractivity contribution in [2.75, 3.05) is 18.6 Å². The molecule has 2 heterocycles. The number of ether oxygens (including phenoxy) is 1. The van der Waals surface area contributed by atoms with Crippen LogP contribution in [0.5, 0.6) is 0 Å². The highest BCUT2D eigenvalue weighted by Crippen LogP contribution is 2.21. The highest BCUT2D eigenvalue weighted by molar-refractivity contribution is 6.08. The number of methoxy groups -OCH3 is 1. The molecule has 1 fully saturated rings. The van der Waals surface area contributed by atoms with Gasteiger partial charge in [0.1, 0.15) is 12.1 Å². The molecule has 2 amide bonds. The van der Waals surface area contributed by atoms with Crippen LogP contribution >= 0.6 is 0 Å². The number of hydrogen-bond acceptors (Lipinski definition) is 4. The van der Waals surface area contributed by atoms with Gasteiger partial charge in [-0.15, -0.1) is 0 Å². The maximum Gasteiger partial charge on any atom is 0.250 e. The Morgan fingerprint density at radius 1 is 1.45 bits per heavy atom. The number of nitrogens with zero attached hydrogens (tertiary/aromatic N) is 3. The molecule has 0 saturated carbocycles. The molecule has 2 unspecified atom stereocenters. The van der Waals surface area contributed by atoms with Gasteiger partial charge in [-0.2, -0.15) is 5.10 Å². The predicted molar refractivity (Wildman–Crippen MR) is 73.3 cm³/mol. The molecule has 110 valence electrons. The van der Waals surface area contributed by atoms with Crippen molar-refractivity contribution in [3.8, 4) is 0 Å². The molecule has 1 aliphatic rings. The van der Waals surface area contributed by atoms with Crippen molar-refractivity contribution >= 4 is 17.5 Å². The summed E-state index contributed by atoms with van der Waals surface area (Å²) in [7, 11) is 1.62. The summed E-state index contributed by atoms with van der Waals surface area (Å²) in [6.07, 6.45) is 3.94. The van der Waals surface area contributed by atoms with Crippen LogP contribution in [0, 0.1) is 0 Å². The molecule has 2 rings (SSSR count). The Morgan fingerprint density at radius 3 is 2.85 bits per heavy atom. The highest BCUT2D eigenvalue weighted by atomic mass is 16.5. The minimum absolute atomic E-state index is 0.0918. The normalized spacial score (nSPS) is 23.1. The molecular formula is C13H20N4O3. The summed E-state index contributed by atoms with van der Waals surface area (Å²) in [4.78, 5) is 25.8. The predicted octanol–water partition coefficient (Wildman–Crippen LogP) is 0.159. The smallest absolute Gasteiger partial charge is 0.250 e. The number of piperazine rings is 1. The first-order chi connectivity index (χ1) is 9.58. The van der Waals surface area contributed by atoms with E-state index in [1.807, 2.05) is 6.92 Å². The van der Waals surface area contributed by atoms with Crippen LogP contribution in [0.25, 0.3) is 0 Å². The lowest BCUT2D eigenvalue weighted by atomic mass is 10.1. The molecule has 20 heavy (non-hydrogen) atoms. The first-order valence-electron chi connectivity index (χ1n) is 6.73. The third-order valence-corrected chi connectivity index (χ3v) is 3.45. The van der Waals surface area contributed by atoms with Crippen molar-refractivity contribution in [1.29, 1.82) is 0 Å². The van der Waals surface area contributed by atoms with Crippen LogP contribution in [0.3, 0.4) is 0 Å². The van der Waals surface area contributed by atoms with E-state index < -0.39 is 12.1 Å². The van der Waals surface area contributed by atoms with E-state index in [4.69, 9.17) is 4.74 Å². The van der Waals surface area contributed by atoms with E-state index in [0.717, 1.165) is 0 Å². The van der Waals surface area contributed by atoms with E-state index in [2.05, 4.69) is 10.4 Å². The maximum absolute atomic E-state index is 12.4. The van der Waals surface area contributed by atoms with Gasteiger partial charge in [0, 0.05) is 13.3 Å². The van der Waals surface area contributed by atoms with E-state index in [1.165, 1.54) is 4.90 Å². The molecule has 1 aromatic heterocycles. The fraction of sp³-hybridized carbons (Fsp3) is 0.615. The van der Waals surface area contributed by atoms with Gasteiger partial charge in [-0.1, -0.05) is 6.92 Å². The van der Waals surface area contributed by atoms with Crippen LogP contribution in [0.4, 0.5) is 5.69 Å². The summed E-state index contributed by atoms with van der Waals surface area (Å²) >= 11 is 0. The number of hydrogen-bond donors (Lipinski definition) is 1. The zero-order valence-corrected chi connectivity index (χ0v) is 12.0. The molecule has 7 heteroatoms. The second-order valence-electron chi connectivity index (χ2n) is 4.81. The number of amides is 2. The molecular weight excluding hydrogens is 260 g/mol. The fourth-order valence-corrected chi connectivity index (χ4v) is 2.24. The van der Waals surface area contributed by atoms with Gasteiger partial charge in [0.25, 0.3) is 0 Å². The van der Waals surface area contributed by atoms with E-state index in [9.17, 15) is 9.59 Å². The fourth-order valence-electron chi connectivity index (χ4n) is 2.24. The van der Waals surface area contributed by atoms with Gasteiger partial charge < -0.3 is 10.1 Å². The average molecular weight is 280 g/mol. The van der Waals surface area contributed by atoms with Crippen molar-refractivity contribution < 1.29 is 14.3 Å². The van der Waals surface area contributed by atoms with E-state index >= 15 is 0 Å². The molecule has 0 bridgehead atoms. The average Bonchev–Trinajstić information content (AvgIpc) is 2.89. The summed E-state index contributed by atoms with van der Waals surface area (Å²) in [6, 6.07) is -0.980. The quantitative estimate of drug-likeness (QED) is 0.833. The molecule has 0 aromatic carbocycles. The number of carbonyl (C=O) groups excluding carboxylic acids is 2. The Bertz CT molecular complexity index is 500. The van der Waals surface area contributed by atoms with Gasteiger partial charge in [-0.05, 0) is 13.3 Å². The van der Waals surface area contributed by atoms with Crippen LogP contribution in [0.1, 0.15) is 20.3 Å². The zero-order valence-electron chi connectivity index (χ0n) is 12.0. The lowest BCUT2D eigenvalue weighted by molar-refractivity contribution is -0.133. The Kier molecular flexibility index (Phi) is 4.39. The van der Waals surface area contributed by atoms with Gasteiger partial charge >= 0.3 is 0 Å². The number of rotatable bonds is 5. The molecule has 2 atom stereocenters. The second-order valence-corrected chi connectivity index (χ2v) is 4.81.